The molecule has 0 amide bonds. The number of imidazole rings is 1. The molecule has 0 spiro atoms. The molecule has 2 heterocycles. The third-order valence-corrected chi connectivity index (χ3v) is 6.55. The molecule has 0 aliphatic carbocycles. The third kappa shape index (κ3) is 4.44. The third-order valence-electron chi connectivity index (χ3n) is 5.27. The molecular weight excluding hydrogens is 472 g/mol. The van der Waals surface area contributed by atoms with Crippen molar-refractivity contribution in [3.63, 3.8) is 0 Å². The van der Waals surface area contributed by atoms with Crippen molar-refractivity contribution in [2.24, 2.45) is 0 Å². The van der Waals surface area contributed by atoms with Crippen molar-refractivity contribution >= 4 is 45.0 Å². The summed E-state index contributed by atoms with van der Waals surface area (Å²) in [5.74, 6) is 1.89. The van der Waals surface area contributed by atoms with Crippen LogP contribution in [0.1, 0.15) is 12.0 Å². The van der Waals surface area contributed by atoms with E-state index in [0.29, 0.717) is 51.4 Å². The first-order valence-electron chi connectivity index (χ1n) is 10.7. The summed E-state index contributed by atoms with van der Waals surface area (Å²) in [6, 6.07) is 20.6. The Balaban J connectivity index is 1.29. The molecule has 0 saturated heterocycles. The van der Waals surface area contributed by atoms with Crippen LogP contribution in [0.25, 0.3) is 22.1 Å². The summed E-state index contributed by atoms with van der Waals surface area (Å²) in [5.41, 5.74) is 2.40. The maximum atomic E-state index is 13.0. The summed E-state index contributed by atoms with van der Waals surface area (Å²) < 4.78 is 19.4. The second-order valence-electron chi connectivity index (χ2n) is 7.53. The van der Waals surface area contributed by atoms with Crippen molar-refractivity contribution in [1.29, 1.82) is 0 Å². The predicted molar refractivity (Wildman–Crippen MR) is 136 cm³/mol. The van der Waals surface area contributed by atoms with Crippen LogP contribution in [-0.4, -0.2) is 29.7 Å². The van der Waals surface area contributed by atoms with Gasteiger partial charge < -0.3 is 14.2 Å². The van der Waals surface area contributed by atoms with Gasteiger partial charge in [-0.2, -0.15) is 0 Å². The fraction of sp³-hybridized carbons (Fsp3) is 0.154. The van der Waals surface area contributed by atoms with Gasteiger partial charge in [-0.15, -0.1) is 0 Å². The van der Waals surface area contributed by atoms with Gasteiger partial charge in [-0.05, 0) is 48.0 Å². The smallest absolute Gasteiger partial charge is 0.274 e. The topological polar surface area (TPSA) is 62.1 Å². The number of rotatable bonds is 8. The van der Waals surface area contributed by atoms with Crippen LogP contribution in [0.3, 0.4) is 0 Å². The number of halogens is 1. The van der Waals surface area contributed by atoms with Crippen LogP contribution in [0.2, 0.25) is 5.02 Å². The monoisotopic (exact) mass is 492 g/mol. The van der Waals surface area contributed by atoms with E-state index in [-0.39, 0.29) is 5.56 Å². The van der Waals surface area contributed by atoms with Gasteiger partial charge in [-0.25, -0.2) is 9.38 Å². The van der Waals surface area contributed by atoms with E-state index in [4.69, 9.17) is 25.8 Å². The molecule has 8 heteroatoms. The van der Waals surface area contributed by atoms with Gasteiger partial charge in [0, 0.05) is 6.42 Å². The molecule has 5 aromatic rings. The maximum Gasteiger partial charge on any atom is 0.274 e. The fourth-order valence-electron chi connectivity index (χ4n) is 3.64. The van der Waals surface area contributed by atoms with Gasteiger partial charge in [0.1, 0.15) is 5.75 Å². The minimum absolute atomic E-state index is 0.0773. The highest BCUT2D eigenvalue weighted by atomic mass is 35.5. The van der Waals surface area contributed by atoms with Gasteiger partial charge in [-0.3, -0.25) is 4.79 Å². The number of ether oxygens (including phenoxy) is 3. The van der Waals surface area contributed by atoms with Gasteiger partial charge in [0.05, 0.1) is 40.9 Å². The van der Waals surface area contributed by atoms with Crippen LogP contribution in [0.5, 0.6) is 17.2 Å². The van der Waals surface area contributed by atoms with Gasteiger partial charge in [-0.1, -0.05) is 53.3 Å². The summed E-state index contributed by atoms with van der Waals surface area (Å²) in [7, 11) is 1.59. The molecule has 6 nitrogen and oxygen atoms in total. The first-order valence-corrected chi connectivity index (χ1v) is 11.9. The Morgan fingerprint density at radius 3 is 2.56 bits per heavy atom. The summed E-state index contributed by atoms with van der Waals surface area (Å²) >= 11 is 7.47. The van der Waals surface area contributed by atoms with Crippen LogP contribution in [0, 0.1) is 0 Å². The number of hydrogen-bond donors (Lipinski definition) is 0. The number of methoxy groups -OCH3 is 1. The van der Waals surface area contributed by atoms with Crippen molar-refractivity contribution in [3.05, 3.63) is 92.2 Å². The lowest BCUT2D eigenvalue weighted by molar-refractivity contribution is 0.240. The number of thiazole rings is 1. The van der Waals surface area contributed by atoms with E-state index in [1.54, 1.807) is 17.6 Å². The highest BCUT2D eigenvalue weighted by Gasteiger charge is 2.11. The molecule has 5 rings (SSSR count). The Hall–Kier alpha value is -3.55. The first-order chi connectivity index (χ1) is 16.6. The standard InChI is InChI=1S/C26H21ClN2O4S/c1-31-23-15-17(11-12-22(23)33-14-6-13-32-21-10-5-2-7-18(21)27)16-24-25(30)29-20-9-4-3-8-19(20)28-26(29)34-24/h2-5,7-12,15-16H,6,13-14H2,1H3. The van der Waals surface area contributed by atoms with Crippen molar-refractivity contribution in [1.82, 2.24) is 9.38 Å². The minimum atomic E-state index is -0.0773. The second-order valence-corrected chi connectivity index (χ2v) is 8.94. The number of hydrogen-bond acceptors (Lipinski definition) is 6. The van der Waals surface area contributed by atoms with E-state index in [1.165, 1.54) is 11.3 Å². The van der Waals surface area contributed by atoms with Crippen molar-refractivity contribution in [3.8, 4) is 17.2 Å². The second kappa shape index (κ2) is 9.75. The molecule has 2 aromatic heterocycles. The summed E-state index contributed by atoms with van der Waals surface area (Å²) in [6.07, 6.45) is 2.53. The van der Waals surface area contributed by atoms with Crippen LogP contribution < -0.4 is 24.3 Å². The molecule has 0 aliphatic rings. The van der Waals surface area contributed by atoms with Gasteiger partial charge in [0.25, 0.3) is 5.56 Å². The van der Waals surface area contributed by atoms with Gasteiger partial charge in [0.15, 0.2) is 16.5 Å². The Bertz CT molecular complexity index is 1580. The summed E-state index contributed by atoms with van der Waals surface area (Å²) in [5, 5.41) is 0.588. The molecule has 3 aromatic carbocycles. The number of para-hydroxylation sites is 3. The zero-order valence-electron chi connectivity index (χ0n) is 18.4. The molecule has 0 bridgehead atoms. The Kier molecular flexibility index (Phi) is 6.38. The number of nitrogens with zero attached hydrogens (tertiary/aromatic N) is 2. The molecule has 172 valence electrons. The quantitative estimate of drug-likeness (QED) is 0.286. The first kappa shape index (κ1) is 22.3. The molecular formula is C26H21ClN2O4S. The molecule has 0 N–H and O–H groups in total. The normalized spacial score (nSPS) is 11.9. The molecule has 0 radical (unpaired) electrons. The Morgan fingerprint density at radius 1 is 0.971 bits per heavy atom. The van der Waals surface area contributed by atoms with E-state index in [2.05, 4.69) is 4.98 Å². The Morgan fingerprint density at radius 2 is 1.74 bits per heavy atom. The molecule has 0 atom stereocenters. The molecule has 0 aliphatic heterocycles. The average molecular weight is 493 g/mol. The Labute approximate surface area is 204 Å². The van der Waals surface area contributed by atoms with Crippen LogP contribution in [0.15, 0.2) is 71.5 Å². The van der Waals surface area contributed by atoms with Crippen molar-refractivity contribution in [2.75, 3.05) is 20.3 Å². The van der Waals surface area contributed by atoms with Crippen molar-refractivity contribution in [2.45, 2.75) is 6.42 Å². The van der Waals surface area contributed by atoms with Gasteiger partial charge >= 0.3 is 0 Å². The zero-order chi connectivity index (χ0) is 23.5. The number of aromatic nitrogens is 2. The molecule has 0 unspecified atom stereocenters. The number of benzene rings is 3. The fourth-order valence-corrected chi connectivity index (χ4v) is 4.82. The SMILES string of the molecule is COc1cc(C=c2sc3nc4ccccc4n3c2=O)ccc1OCCCOc1ccccc1Cl. The highest BCUT2D eigenvalue weighted by molar-refractivity contribution is 7.15. The lowest BCUT2D eigenvalue weighted by Gasteiger charge is -2.12. The number of fused-ring (bicyclic) bond motifs is 3. The summed E-state index contributed by atoms with van der Waals surface area (Å²) in [6.45, 7) is 0.947. The molecule has 0 fully saturated rings. The van der Waals surface area contributed by atoms with E-state index >= 15 is 0 Å². The van der Waals surface area contributed by atoms with Gasteiger partial charge in [0.2, 0.25) is 0 Å². The zero-order valence-corrected chi connectivity index (χ0v) is 19.9. The van der Waals surface area contributed by atoms with Crippen LogP contribution >= 0.6 is 22.9 Å². The van der Waals surface area contributed by atoms with Crippen LogP contribution in [0.4, 0.5) is 0 Å². The molecule has 34 heavy (non-hydrogen) atoms. The highest BCUT2D eigenvalue weighted by Crippen LogP contribution is 2.29. The minimum Gasteiger partial charge on any atom is -0.493 e. The largest absolute Gasteiger partial charge is 0.493 e. The lowest BCUT2D eigenvalue weighted by atomic mass is 10.2. The molecule has 0 saturated carbocycles. The average Bonchev–Trinajstić information content (AvgIpc) is 3.36. The van der Waals surface area contributed by atoms with Crippen molar-refractivity contribution < 1.29 is 14.2 Å². The van der Waals surface area contributed by atoms with E-state index in [0.717, 1.165) is 16.6 Å². The van der Waals surface area contributed by atoms with E-state index < -0.39 is 0 Å². The van der Waals surface area contributed by atoms with E-state index in [9.17, 15) is 4.79 Å². The van der Waals surface area contributed by atoms with Crippen LogP contribution in [-0.2, 0) is 0 Å². The maximum absolute atomic E-state index is 13.0. The van der Waals surface area contributed by atoms with E-state index in [1.807, 2.05) is 66.7 Å². The predicted octanol–water partition coefficient (Wildman–Crippen LogP) is 4.97. The summed E-state index contributed by atoms with van der Waals surface area (Å²) in [4.78, 5) is 18.2. The lowest BCUT2D eigenvalue weighted by Crippen LogP contribution is -2.22.